The van der Waals surface area contributed by atoms with Crippen molar-refractivity contribution in [3.05, 3.63) is 21.4 Å². The highest BCUT2D eigenvalue weighted by Gasteiger charge is 2.20. The van der Waals surface area contributed by atoms with Crippen molar-refractivity contribution < 1.29 is 0 Å². The SMILES string of the molecule is Cc1sc2nc(CN(C)CC3CCC3)nc(Cl)c2c1C. The number of fused-ring (bicyclic) bond motifs is 1. The molecule has 3 nitrogen and oxygen atoms in total. The Morgan fingerprint density at radius 2 is 2.05 bits per heavy atom. The molecule has 3 rings (SSSR count). The van der Waals surface area contributed by atoms with E-state index in [0.717, 1.165) is 35.0 Å². The van der Waals surface area contributed by atoms with E-state index in [4.69, 9.17) is 16.6 Å². The number of rotatable bonds is 4. The maximum absolute atomic E-state index is 6.35. The standard InChI is InChI=1S/C15H20ClN3S/c1-9-10(2)20-15-13(9)14(16)17-12(18-15)8-19(3)7-11-5-4-6-11/h11H,4-8H2,1-3H3. The van der Waals surface area contributed by atoms with Gasteiger partial charge in [-0.15, -0.1) is 11.3 Å². The summed E-state index contributed by atoms with van der Waals surface area (Å²) in [5.74, 6) is 1.70. The molecule has 0 atom stereocenters. The van der Waals surface area contributed by atoms with Crippen molar-refractivity contribution in [2.24, 2.45) is 5.92 Å². The summed E-state index contributed by atoms with van der Waals surface area (Å²) in [4.78, 5) is 13.8. The Bertz CT molecular complexity index is 634. The van der Waals surface area contributed by atoms with E-state index < -0.39 is 0 Å². The smallest absolute Gasteiger partial charge is 0.145 e. The van der Waals surface area contributed by atoms with Crippen molar-refractivity contribution in [1.82, 2.24) is 14.9 Å². The van der Waals surface area contributed by atoms with Crippen LogP contribution < -0.4 is 0 Å². The van der Waals surface area contributed by atoms with E-state index in [1.165, 1.54) is 29.7 Å². The zero-order valence-corrected chi connectivity index (χ0v) is 13.8. The van der Waals surface area contributed by atoms with Gasteiger partial charge in [0.2, 0.25) is 0 Å². The second kappa shape index (κ2) is 5.58. The van der Waals surface area contributed by atoms with Crippen molar-refractivity contribution in [3.63, 3.8) is 0 Å². The van der Waals surface area contributed by atoms with Gasteiger partial charge in [-0.1, -0.05) is 18.0 Å². The van der Waals surface area contributed by atoms with E-state index >= 15 is 0 Å². The van der Waals surface area contributed by atoms with Crippen molar-refractivity contribution in [1.29, 1.82) is 0 Å². The van der Waals surface area contributed by atoms with E-state index in [1.54, 1.807) is 11.3 Å². The van der Waals surface area contributed by atoms with Crippen LogP contribution in [-0.4, -0.2) is 28.5 Å². The minimum absolute atomic E-state index is 0.601. The zero-order valence-electron chi connectivity index (χ0n) is 12.2. The van der Waals surface area contributed by atoms with E-state index in [1.807, 2.05) is 0 Å². The Labute approximate surface area is 129 Å². The molecule has 0 unspecified atom stereocenters. The van der Waals surface area contributed by atoms with Gasteiger partial charge in [-0.3, -0.25) is 4.90 Å². The molecule has 0 bridgehead atoms. The zero-order chi connectivity index (χ0) is 14.3. The van der Waals surface area contributed by atoms with Gasteiger partial charge >= 0.3 is 0 Å². The van der Waals surface area contributed by atoms with Gasteiger partial charge < -0.3 is 0 Å². The number of halogens is 1. The summed E-state index contributed by atoms with van der Waals surface area (Å²) in [6.07, 6.45) is 4.13. The fourth-order valence-electron chi connectivity index (χ4n) is 2.73. The van der Waals surface area contributed by atoms with Crippen molar-refractivity contribution in [3.8, 4) is 0 Å². The highest BCUT2D eigenvalue weighted by atomic mass is 35.5. The summed E-state index contributed by atoms with van der Waals surface area (Å²) in [5, 5.41) is 1.63. The average Bonchev–Trinajstić information content (AvgIpc) is 2.60. The van der Waals surface area contributed by atoms with Gasteiger partial charge in [0.05, 0.1) is 11.9 Å². The maximum atomic E-state index is 6.35. The monoisotopic (exact) mass is 309 g/mol. The van der Waals surface area contributed by atoms with Crippen molar-refractivity contribution >= 4 is 33.2 Å². The Morgan fingerprint density at radius 3 is 2.70 bits per heavy atom. The molecule has 0 saturated heterocycles. The van der Waals surface area contributed by atoms with Gasteiger partial charge in [0.1, 0.15) is 15.8 Å². The van der Waals surface area contributed by atoms with E-state index in [2.05, 4.69) is 30.8 Å². The highest BCUT2D eigenvalue weighted by molar-refractivity contribution is 7.18. The van der Waals surface area contributed by atoms with E-state index in [9.17, 15) is 0 Å². The van der Waals surface area contributed by atoms with Crippen LogP contribution in [0.4, 0.5) is 0 Å². The van der Waals surface area contributed by atoms with Crippen LogP contribution in [0.5, 0.6) is 0 Å². The van der Waals surface area contributed by atoms with Gasteiger partial charge in [0, 0.05) is 11.4 Å². The molecule has 0 radical (unpaired) electrons. The van der Waals surface area contributed by atoms with Crippen molar-refractivity contribution in [2.45, 2.75) is 39.7 Å². The lowest BCUT2D eigenvalue weighted by molar-refractivity contribution is 0.197. The molecule has 1 aliphatic carbocycles. The first kappa shape index (κ1) is 14.2. The van der Waals surface area contributed by atoms with Gasteiger partial charge in [-0.05, 0) is 45.2 Å². The first-order valence-corrected chi connectivity index (χ1v) is 8.34. The molecule has 0 N–H and O–H groups in total. The largest absolute Gasteiger partial charge is 0.299 e. The number of aromatic nitrogens is 2. The maximum Gasteiger partial charge on any atom is 0.145 e. The van der Waals surface area contributed by atoms with Crippen LogP contribution >= 0.6 is 22.9 Å². The van der Waals surface area contributed by atoms with Crippen LogP contribution in [0.1, 0.15) is 35.5 Å². The molecule has 2 aromatic rings. The van der Waals surface area contributed by atoms with Crippen LogP contribution in [-0.2, 0) is 6.54 Å². The first-order valence-electron chi connectivity index (χ1n) is 7.15. The van der Waals surface area contributed by atoms with Gasteiger partial charge in [-0.2, -0.15) is 0 Å². The van der Waals surface area contributed by atoms with E-state index in [-0.39, 0.29) is 0 Å². The predicted molar refractivity (Wildman–Crippen MR) is 85.6 cm³/mol. The molecular formula is C15H20ClN3S. The number of nitrogens with zero attached hydrogens (tertiary/aromatic N) is 3. The Hall–Kier alpha value is -0.710. The fraction of sp³-hybridized carbons (Fsp3) is 0.600. The third-order valence-corrected chi connectivity index (χ3v) is 5.61. The normalized spacial score (nSPS) is 16.1. The molecule has 1 saturated carbocycles. The van der Waals surface area contributed by atoms with Crippen molar-refractivity contribution in [2.75, 3.05) is 13.6 Å². The lowest BCUT2D eigenvalue weighted by Gasteiger charge is -2.29. The van der Waals surface area contributed by atoms with E-state index in [0.29, 0.717) is 5.15 Å². The molecule has 2 heterocycles. The molecule has 20 heavy (non-hydrogen) atoms. The summed E-state index contributed by atoms with van der Waals surface area (Å²) >= 11 is 8.06. The molecule has 0 aliphatic heterocycles. The third-order valence-electron chi connectivity index (χ3n) is 4.24. The van der Waals surface area contributed by atoms with Crippen LogP contribution in [0.3, 0.4) is 0 Å². The summed E-state index contributed by atoms with van der Waals surface area (Å²) in [7, 11) is 2.14. The average molecular weight is 310 g/mol. The third kappa shape index (κ3) is 2.69. The van der Waals surface area contributed by atoms with Gasteiger partial charge in [0.15, 0.2) is 0 Å². The molecule has 0 amide bonds. The Kier molecular flexibility index (Phi) is 3.98. The highest BCUT2D eigenvalue weighted by Crippen LogP contribution is 2.33. The molecule has 1 aliphatic rings. The topological polar surface area (TPSA) is 29.0 Å². The predicted octanol–water partition coefficient (Wildman–Crippen LogP) is 4.19. The second-order valence-corrected chi connectivity index (χ2v) is 7.45. The van der Waals surface area contributed by atoms with Crippen LogP contribution in [0.15, 0.2) is 0 Å². The van der Waals surface area contributed by atoms with Crippen LogP contribution in [0.2, 0.25) is 5.15 Å². The van der Waals surface area contributed by atoms with Gasteiger partial charge in [-0.25, -0.2) is 9.97 Å². The lowest BCUT2D eigenvalue weighted by atomic mass is 9.85. The number of aryl methyl sites for hydroxylation is 2. The Morgan fingerprint density at radius 1 is 1.30 bits per heavy atom. The number of hydrogen-bond donors (Lipinski definition) is 0. The summed E-state index contributed by atoms with van der Waals surface area (Å²) in [6.45, 7) is 6.12. The summed E-state index contributed by atoms with van der Waals surface area (Å²) < 4.78 is 0. The minimum Gasteiger partial charge on any atom is -0.299 e. The molecular weight excluding hydrogens is 290 g/mol. The summed E-state index contributed by atoms with van der Waals surface area (Å²) in [6, 6.07) is 0. The molecule has 1 fully saturated rings. The number of thiophene rings is 1. The summed E-state index contributed by atoms with van der Waals surface area (Å²) in [5.41, 5.74) is 1.21. The molecule has 0 spiro atoms. The van der Waals surface area contributed by atoms with Crippen LogP contribution in [0.25, 0.3) is 10.2 Å². The second-order valence-electron chi connectivity index (χ2n) is 5.89. The molecule has 5 heteroatoms. The molecule has 2 aromatic heterocycles. The minimum atomic E-state index is 0.601. The quantitative estimate of drug-likeness (QED) is 0.793. The fourth-order valence-corrected chi connectivity index (χ4v) is 4.17. The molecule has 0 aromatic carbocycles. The first-order chi connectivity index (χ1) is 9.54. The lowest BCUT2D eigenvalue weighted by Crippen LogP contribution is -2.29. The van der Waals surface area contributed by atoms with Gasteiger partial charge in [0.25, 0.3) is 0 Å². The Balaban J connectivity index is 1.81. The number of hydrogen-bond acceptors (Lipinski definition) is 4. The molecule has 108 valence electrons. The van der Waals surface area contributed by atoms with Crippen LogP contribution in [0, 0.1) is 19.8 Å².